The van der Waals surface area contributed by atoms with Crippen molar-refractivity contribution < 1.29 is 29.0 Å². The second-order valence-corrected chi connectivity index (χ2v) is 8.93. The molecule has 9 heteroatoms. The smallest absolute Gasteiger partial charge is 0.408 e. The van der Waals surface area contributed by atoms with Crippen molar-refractivity contribution in [3.63, 3.8) is 0 Å². The summed E-state index contributed by atoms with van der Waals surface area (Å²) >= 11 is 0. The van der Waals surface area contributed by atoms with Crippen LogP contribution in [-0.2, 0) is 14.3 Å². The Morgan fingerprint density at radius 3 is 2.18 bits per heavy atom. The van der Waals surface area contributed by atoms with E-state index >= 15 is 0 Å². The lowest BCUT2D eigenvalue weighted by Gasteiger charge is -2.35. The number of hydrogen-bond donors (Lipinski definition) is 3. The minimum absolute atomic E-state index is 0.129. The summed E-state index contributed by atoms with van der Waals surface area (Å²) in [6, 6.07) is 11.5. The number of nitrogens with zero attached hydrogens (tertiary/aromatic N) is 1. The highest BCUT2D eigenvalue weighted by molar-refractivity contribution is 5.99. The van der Waals surface area contributed by atoms with Crippen LogP contribution in [0.2, 0.25) is 0 Å². The minimum atomic E-state index is -1.16. The van der Waals surface area contributed by atoms with Crippen LogP contribution in [0.1, 0.15) is 46.2 Å². The van der Waals surface area contributed by atoms with Crippen molar-refractivity contribution in [2.45, 2.75) is 52.3 Å². The van der Waals surface area contributed by atoms with Crippen molar-refractivity contribution in [3.8, 4) is 11.5 Å². The average molecular weight is 472 g/mol. The monoisotopic (exact) mass is 471 g/mol. The van der Waals surface area contributed by atoms with Crippen molar-refractivity contribution in [1.29, 1.82) is 0 Å². The number of phenols is 1. The Bertz CT molecular complexity index is 998. The number of hydrogen-bond acceptors (Lipinski definition) is 6. The number of nitrogens with one attached hydrogen (secondary N) is 2. The van der Waals surface area contributed by atoms with Crippen LogP contribution in [0, 0.1) is 0 Å². The Morgan fingerprint density at radius 1 is 1.03 bits per heavy atom. The molecule has 0 fully saturated rings. The number of methoxy groups -OCH3 is 1. The highest BCUT2D eigenvalue weighted by atomic mass is 16.6. The number of carbonyl (C=O) groups excluding carboxylic acids is 3. The SMILES string of the molecule is COc1ccc(NC(=O)C(c2ccccc2O)N(C(=O)CNC(=O)OC(C)(C)C)C(C)C)cc1. The third kappa shape index (κ3) is 7.40. The molecule has 0 saturated carbocycles. The fraction of sp³-hybridized carbons (Fsp3) is 0.400. The molecule has 184 valence electrons. The molecule has 0 aliphatic carbocycles. The number of rotatable bonds is 8. The van der Waals surface area contributed by atoms with E-state index in [2.05, 4.69) is 10.6 Å². The van der Waals surface area contributed by atoms with Crippen LogP contribution >= 0.6 is 0 Å². The lowest BCUT2D eigenvalue weighted by atomic mass is 10.0. The van der Waals surface area contributed by atoms with Gasteiger partial charge in [-0.1, -0.05) is 18.2 Å². The van der Waals surface area contributed by atoms with E-state index in [0.29, 0.717) is 11.4 Å². The molecule has 0 radical (unpaired) electrons. The van der Waals surface area contributed by atoms with Crippen molar-refractivity contribution in [2.75, 3.05) is 19.0 Å². The molecule has 2 aromatic carbocycles. The molecule has 0 heterocycles. The molecule has 1 unspecified atom stereocenters. The third-order valence-electron chi connectivity index (χ3n) is 4.74. The minimum Gasteiger partial charge on any atom is -0.508 e. The first kappa shape index (κ1) is 26.5. The molecule has 2 aromatic rings. The molecule has 0 spiro atoms. The van der Waals surface area contributed by atoms with Crippen LogP contribution in [-0.4, -0.2) is 53.2 Å². The van der Waals surface area contributed by atoms with Gasteiger partial charge in [-0.15, -0.1) is 0 Å². The number of aromatic hydroxyl groups is 1. The Kier molecular flexibility index (Phi) is 8.89. The number of phenolic OH excluding ortho intramolecular Hbond substituents is 1. The van der Waals surface area contributed by atoms with Gasteiger partial charge in [-0.25, -0.2) is 4.79 Å². The molecule has 3 amide bonds. The molecule has 0 bridgehead atoms. The van der Waals surface area contributed by atoms with Crippen LogP contribution in [0.5, 0.6) is 11.5 Å². The van der Waals surface area contributed by atoms with E-state index < -0.39 is 35.6 Å². The first-order valence-electron chi connectivity index (χ1n) is 10.9. The van der Waals surface area contributed by atoms with Gasteiger partial charge in [0.05, 0.1) is 7.11 Å². The predicted octanol–water partition coefficient (Wildman–Crippen LogP) is 3.84. The first-order valence-corrected chi connectivity index (χ1v) is 10.9. The van der Waals surface area contributed by atoms with Gasteiger partial charge in [0.15, 0.2) is 0 Å². The number of para-hydroxylation sites is 1. The molecule has 0 saturated heterocycles. The lowest BCUT2D eigenvalue weighted by Crippen LogP contribution is -2.49. The van der Waals surface area contributed by atoms with Crippen LogP contribution in [0.15, 0.2) is 48.5 Å². The van der Waals surface area contributed by atoms with Crippen molar-refractivity contribution in [1.82, 2.24) is 10.2 Å². The van der Waals surface area contributed by atoms with Crippen LogP contribution in [0.4, 0.5) is 10.5 Å². The van der Waals surface area contributed by atoms with Gasteiger partial charge in [-0.2, -0.15) is 0 Å². The van der Waals surface area contributed by atoms with Crippen LogP contribution in [0.25, 0.3) is 0 Å². The zero-order chi connectivity index (χ0) is 25.5. The molecule has 9 nitrogen and oxygen atoms in total. The molecule has 0 aromatic heterocycles. The topological polar surface area (TPSA) is 117 Å². The Labute approximate surface area is 200 Å². The van der Waals surface area contributed by atoms with E-state index in [-0.39, 0.29) is 17.9 Å². The van der Waals surface area contributed by atoms with E-state index in [0.717, 1.165) is 0 Å². The Morgan fingerprint density at radius 2 is 1.65 bits per heavy atom. The molecular formula is C25H33N3O6. The number of benzene rings is 2. The Balaban J connectivity index is 2.34. The lowest BCUT2D eigenvalue weighted by molar-refractivity contribution is -0.140. The van der Waals surface area contributed by atoms with Gasteiger partial charge in [0.25, 0.3) is 5.91 Å². The highest BCUT2D eigenvalue weighted by Crippen LogP contribution is 2.31. The summed E-state index contributed by atoms with van der Waals surface area (Å²) in [7, 11) is 1.54. The van der Waals surface area contributed by atoms with E-state index in [1.165, 1.54) is 11.0 Å². The van der Waals surface area contributed by atoms with Gasteiger partial charge in [0.2, 0.25) is 5.91 Å². The molecular weight excluding hydrogens is 438 g/mol. The van der Waals surface area contributed by atoms with Gasteiger partial charge in [-0.05, 0) is 65.0 Å². The summed E-state index contributed by atoms with van der Waals surface area (Å²) in [5, 5.41) is 15.7. The first-order chi connectivity index (χ1) is 15.9. The van der Waals surface area contributed by atoms with E-state index in [9.17, 15) is 19.5 Å². The zero-order valence-corrected chi connectivity index (χ0v) is 20.4. The van der Waals surface area contributed by atoms with Crippen molar-refractivity contribution >= 4 is 23.6 Å². The summed E-state index contributed by atoms with van der Waals surface area (Å²) in [6.07, 6.45) is -0.744. The number of alkyl carbamates (subject to hydrolysis) is 1. The Hall–Kier alpha value is -3.75. The molecule has 0 aliphatic heterocycles. The summed E-state index contributed by atoms with van der Waals surface area (Å²) in [6.45, 7) is 8.26. The van der Waals surface area contributed by atoms with E-state index in [4.69, 9.17) is 9.47 Å². The van der Waals surface area contributed by atoms with E-state index in [1.807, 2.05) is 0 Å². The maximum atomic E-state index is 13.4. The molecule has 3 N–H and O–H groups in total. The maximum absolute atomic E-state index is 13.4. The van der Waals surface area contributed by atoms with E-state index in [1.54, 1.807) is 84.2 Å². The van der Waals surface area contributed by atoms with Crippen LogP contribution < -0.4 is 15.4 Å². The van der Waals surface area contributed by atoms with Crippen molar-refractivity contribution in [3.05, 3.63) is 54.1 Å². The summed E-state index contributed by atoms with van der Waals surface area (Å²) in [5.41, 5.74) is 0.0312. The normalized spacial score (nSPS) is 12.0. The largest absolute Gasteiger partial charge is 0.508 e. The van der Waals surface area contributed by atoms with Gasteiger partial charge in [-0.3, -0.25) is 9.59 Å². The second kappa shape index (κ2) is 11.4. The standard InChI is InChI=1S/C25H33N3O6/c1-16(2)28(21(30)15-26-24(32)34-25(3,4)5)22(19-9-7-8-10-20(19)29)23(31)27-17-11-13-18(33-6)14-12-17/h7-14,16,22,29H,15H2,1-6H3,(H,26,32)(H,27,31). The number of ether oxygens (including phenoxy) is 2. The second-order valence-electron chi connectivity index (χ2n) is 8.93. The molecule has 2 rings (SSSR count). The molecule has 0 aliphatic rings. The quantitative estimate of drug-likeness (QED) is 0.539. The van der Waals surface area contributed by atoms with Gasteiger partial charge >= 0.3 is 6.09 Å². The fourth-order valence-corrected chi connectivity index (χ4v) is 3.30. The average Bonchev–Trinajstić information content (AvgIpc) is 2.75. The highest BCUT2D eigenvalue weighted by Gasteiger charge is 2.35. The fourth-order valence-electron chi connectivity index (χ4n) is 3.30. The van der Waals surface area contributed by atoms with Crippen LogP contribution in [0.3, 0.4) is 0 Å². The number of carbonyl (C=O) groups is 3. The predicted molar refractivity (Wildman–Crippen MR) is 129 cm³/mol. The maximum Gasteiger partial charge on any atom is 0.408 e. The molecule has 34 heavy (non-hydrogen) atoms. The van der Waals surface area contributed by atoms with Gasteiger partial charge in [0.1, 0.15) is 29.7 Å². The van der Waals surface area contributed by atoms with Gasteiger partial charge in [0, 0.05) is 17.3 Å². The van der Waals surface area contributed by atoms with Crippen molar-refractivity contribution in [2.24, 2.45) is 0 Å². The summed E-state index contributed by atoms with van der Waals surface area (Å²) in [5.74, 6) is -0.539. The zero-order valence-electron chi connectivity index (χ0n) is 20.4. The third-order valence-corrected chi connectivity index (χ3v) is 4.74. The molecule has 1 atom stereocenters. The summed E-state index contributed by atoms with van der Waals surface area (Å²) < 4.78 is 10.3. The summed E-state index contributed by atoms with van der Waals surface area (Å²) in [4.78, 5) is 40.0. The van der Waals surface area contributed by atoms with Gasteiger partial charge < -0.3 is 30.1 Å². The number of amides is 3. The number of anilines is 1.